The molecular weight excluding hydrogens is 266 g/mol. The minimum atomic E-state index is -0.0776. The Morgan fingerprint density at radius 3 is 1.57 bits per heavy atom. The van der Waals surface area contributed by atoms with E-state index in [1.54, 1.807) is 5.06 Å². The van der Waals surface area contributed by atoms with Gasteiger partial charge >= 0.3 is 0 Å². The standard InChI is InChI=1S/C17H31NO3/c1-15(2,3)14-12-16(4-8-20-9-5-16)18(19)17(13-14)6-10-21-11-7-17/h14,19H,4-13H2,1-3H3. The van der Waals surface area contributed by atoms with Crippen LogP contribution in [0.15, 0.2) is 0 Å². The highest BCUT2D eigenvalue weighted by Crippen LogP contribution is 2.53. The van der Waals surface area contributed by atoms with Gasteiger partial charge in [0, 0.05) is 26.4 Å². The van der Waals surface area contributed by atoms with Crippen molar-refractivity contribution in [3.63, 3.8) is 0 Å². The maximum Gasteiger partial charge on any atom is 0.0513 e. The summed E-state index contributed by atoms with van der Waals surface area (Å²) in [7, 11) is 0. The fourth-order valence-electron chi connectivity index (χ4n) is 4.61. The molecule has 3 rings (SSSR count). The first-order chi connectivity index (χ1) is 9.88. The molecule has 0 aromatic rings. The summed E-state index contributed by atoms with van der Waals surface area (Å²) >= 11 is 0. The van der Waals surface area contributed by atoms with Crippen molar-refractivity contribution in [2.75, 3.05) is 26.4 Å². The predicted octanol–water partition coefficient (Wildman–Crippen LogP) is 3.23. The van der Waals surface area contributed by atoms with Crippen LogP contribution in [0.3, 0.4) is 0 Å². The van der Waals surface area contributed by atoms with E-state index in [1.165, 1.54) is 0 Å². The second-order valence-corrected chi connectivity index (χ2v) is 8.46. The zero-order valence-corrected chi connectivity index (χ0v) is 13.9. The third-order valence-corrected chi connectivity index (χ3v) is 6.22. The molecule has 0 saturated carbocycles. The molecule has 0 aliphatic carbocycles. The van der Waals surface area contributed by atoms with Crippen molar-refractivity contribution in [1.29, 1.82) is 0 Å². The molecular formula is C17H31NO3. The van der Waals surface area contributed by atoms with Crippen LogP contribution in [0.5, 0.6) is 0 Å². The van der Waals surface area contributed by atoms with Crippen molar-refractivity contribution in [2.45, 2.75) is 70.4 Å². The first-order valence-corrected chi connectivity index (χ1v) is 8.53. The van der Waals surface area contributed by atoms with Crippen LogP contribution in [-0.2, 0) is 9.47 Å². The molecule has 3 fully saturated rings. The van der Waals surface area contributed by atoms with Crippen molar-refractivity contribution in [1.82, 2.24) is 5.06 Å². The van der Waals surface area contributed by atoms with Gasteiger partial charge in [0.05, 0.1) is 11.1 Å². The summed E-state index contributed by atoms with van der Waals surface area (Å²) in [6, 6.07) is 0. The van der Waals surface area contributed by atoms with Gasteiger partial charge in [-0.1, -0.05) is 20.8 Å². The zero-order valence-electron chi connectivity index (χ0n) is 13.9. The Hall–Kier alpha value is -0.160. The van der Waals surface area contributed by atoms with E-state index in [4.69, 9.17) is 9.47 Å². The summed E-state index contributed by atoms with van der Waals surface area (Å²) in [5.74, 6) is 0.650. The van der Waals surface area contributed by atoms with E-state index in [0.29, 0.717) is 5.92 Å². The van der Waals surface area contributed by atoms with Gasteiger partial charge < -0.3 is 14.7 Å². The minimum Gasteiger partial charge on any atom is -0.381 e. The summed E-state index contributed by atoms with van der Waals surface area (Å²) in [6.07, 6.45) is 6.02. The first-order valence-electron chi connectivity index (χ1n) is 8.53. The highest BCUT2D eigenvalue weighted by atomic mass is 16.5. The molecule has 0 amide bonds. The van der Waals surface area contributed by atoms with Gasteiger partial charge in [0.25, 0.3) is 0 Å². The molecule has 3 aliphatic rings. The lowest BCUT2D eigenvalue weighted by molar-refractivity contribution is -0.304. The topological polar surface area (TPSA) is 41.9 Å². The molecule has 0 radical (unpaired) electrons. The van der Waals surface area contributed by atoms with Crippen LogP contribution in [0.25, 0.3) is 0 Å². The van der Waals surface area contributed by atoms with Gasteiger partial charge in [-0.25, -0.2) is 0 Å². The number of hydroxylamine groups is 2. The van der Waals surface area contributed by atoms with E-state index < -0.39 is 0 Å². The number of rotatable bonds is 0. The number of piperidine rings is 1. The van der Waals surface area contributed by atoms with Gasteiger partial charge in [0.2, 0.25) is 0 Å². The summed E-state index contributed by atoms with van der Waals surface area (Å²) in [6.45, 7) is 10.2. The van der Waals surface area contributed by atoms with Crippen LogP contribution < -0.4 is 0 Å². The second-order valence-electron chi connectivity index (χ2n) is 8.46. The summed E-state index contributed by atoms with van der Waals surface area (Å²) in [5, 5.41) is 13.0. The predicted molar refractivity (Wildman–Crippen MR) is 81.4 cm³/mol. The molecule has 4 nitrogen and oxygen atoms in total. The molecule has 3 aliphatic heterocycles. The van der Waals surface area contributed by atoms with Gasteiger partial charge in [-0.2, -0.15) is 5.06 Å². The highest BCUT2D eigenvalue weighted by molar-refractivity contribution is 5.07. The van der Waals surface area contributed by atoms with E-state index in [2.05, 4.69) is 20.8 Å². The van der Waals surface area contributed by atoms with Crippen molar-refractivity contribution >= 4 is 0 Å². The summed E-state index contributed by atoms with van der Waals surface area (Å²) in [4.78, 5) is 0. The van der Waals surface area contributed by atoms with Gasteiger partial charge in [-0.05, 0) is 49.9 Å². The molecule has 4 heteroatoms. The fraction of sp³-hybridized carbons (Fsp3) is 1.00. The van der Waals surface area contributed by atoms with E-state index in [9.17, 15) is 5.21 Å². The van der Waals surface area contributed by atoms with Crippen LogP contribution in [0, 0.1) is 11.3 Å². The Labute approximate surface area is 128 Å². The third-order valence-electron chi connectivity index (χ3n) is 6.22. The molecule has 122 valence electrons. The van der Waals surface area contributed by atoms with Crippen molar-refractivity contribution in [3.8, 4) is 0 Å². The maximum absolute atomic E-state index is 11.2. The number of nitrogens with zero attached hydrogens (tertiary/aromatic N) is 1. The van der Waals surface area contributed by atoms with E-state index in [1.807, 2.05) is 0 Å². The Balaban J connectivity index is 1.92. The number of hydrogen-bond donors (Lipinski definition) is 1. The summed E-state index contributed by atoms with van der Waals surface area (Å²) < 4.78 is 11.2. The largest absolute Gasteiger partial charge is 0.381 e. The molecule has 0 aromatic carbocycles. The number of hydrogen-bond acceptors (Lipinski definition) is 4. The maximum atomic E-state index is 11.2. The average Bonchev–Trinajstić information content (AvgIpc) is 2.46. The molecule has 2 spiro atoms. The van der Waals surface area contributed by atoms with Crippen LogP contribution in [0.1, 0.15) is 59.3 Å². The van der Waals surface area contributed by atoms with Gasteiger partial charge in [0.1, 0.15) is 0 Å². The smallest absolute Gasteiger partial charge is 0.0513 e. The first kappa shape index (κ1) is 15.7. The SMILES string of the molecule is CC(C)(C)C1CC2(CCOCC2)N(O)C2(CCOCC2)C1. The molecule has 0 atom stereocenters. The highest BCUT2D eigenvalue weighted by Gasteiger charge is 2.56. The lowest BCUT2D eigenvalue weighted by Crippen LogP contribution is -2.67. The van der Waals surface area contributed by atoms with Crippen molar-refractivity contribution in [2.24, 2.45) is 11.3 Å². The Morgan fingerprint density at radius 2 is 1.24 bits per heavy atom. The molecule has 0 unspecified atom stereocenters. The van der Waals surface area contributed by atoms with Crippen molar-refractivity contribution < 1.29 is 14.7 Å². The normalized spacial score (nSPS) is 33.4. The molecule has 21 heavy (non-hydrogen) atoms. The average molecular weight is 297 g/mol. The molecule has 3 heterocycles. The van der Waals surface area contributed by atoms with E-state index >= 15 is 0 Å². The Kier molecular flexibility index (Phi) is 4.11. The van der Waals surface area contributed by atoms with Crippen molar-refractivity contribution in [3.05, 3.63) is 0 Å². The molecule has 0 aromatic heterocycles. The summed E-state index contributed by atoms with van der Waals surface area (Å²) in [5.41, 5.74) is 0.134. The van der Waals surface area contributed by atoms with Crippen LogP contribution >= 0.6 is 0 Å². The van der Waals surface area contributed by atoms with Gasteiger partial charge in [0.15, 0.2) is 0 Å². The number of ether oxygens (including phenoxy) is 2. The third kappa shape index (κ3) is 2.76. The Morgan fingerprint density at radius 1 is 0.857 bits per heavy atom. The quantitative estimate of drug-likeness (QED) is 0.745. The van der Waals surface area contributed by atoms with Gasteiger partial charge in [-0.3, -0.25) is 0 Å². The van der Waals surface area contributed by atoms with E-state index in [-0.39, 0.29) is 16.5 Å². The lowest BCUT2D eigenvalue weighted by Gasteiger charge is -2.60. The van der Waals surface area contributed by atoms with Crippen LogP contribution in [0.2, 0.25) is 0 Å². The monoisotopic (exact) mass is 297 g/mol. The van der Waals surface area contributed by atoms with E-state index in [0.717, 1.165) is 65.0 Å². The fourth-order valence-corrected chi connectivity index (χ4v) is 4.61. The Bertz CT molecular complexity index is 337. The molecule has 1 N–H and O–H groups in total. The van der Waals surface area contributed by atoms with Crippen LogP contribution in [-0.4, -0.2) is 47.8 Å². The molecule has 3 saturated heterocycles. The minimum absolute atomic E-state index is 0.0776. The molecule has 0 bridgehead atoms. The van der Waals surface area contributed by atoms with Gasteiger partial charge in [-0.15, -0.1) is 0 Å². The second kappa shape index (κ2) is 5.48. The lowest BCUT2D eigenvalue weighted by atomic mass is 9.61. The van der Waals surface area contributed by atoms with Crippen LogP contribution in [0.4, 0.5) is 0 Å². The zero-order chi connectivity index (χ0) is 15.1.